The van der Waals surface area contributed by atoms with Crippen molar-refractivity contribution in [1.82, 2.24) is 5.32 Å². The van der Waals surface area contributed by atoms with Gasteiger partial charge in [-0.2, -0.15) is 0 Å². The second kappa shape index (κ2) is 7.97. The van der Waals surface area contributed by atoms with Crippen LogP contribution in [0.25, 0.3) is 0 Å². The molecular formula is C13H20NO2. The predicted molar refractivity (Wildman–Crippen MR) is 63.6 cm³/mol. The molecule has 0 atom stereocenters. The molecule has 3 heteroatoms. The molecule has 1 rings (SSSR count). The quantitative estimate of drug-likeness (QED) is 0.687. The van der Waals surface area contributed by atoms with E-state index in [-0.39, 0.29) is 5.91 Å². The fourth-order valence-electron chi connectivity index (χ4n) is 1.50. The highest BCUT2D eigenvalue weighted by molar-refractivity contribution is 5.75. The molecule has 89 valence electrons. The summed E-state index contributed by atoms with van der Waals surface area (Å²) < 4.78 is 5.12. The molecule has 0 saturated heterocycles. The summed E-state index contributed by atoms with van der Waals surface area (Å²) in [5.74, 6) is 0.899. The molecule has 1 aromatic rings. The number of unbranched alkanes of at least 4 members (excludes halogenated alkanes) is 4. The van der Waals surface area contributed by atoms with E-state index in [1.165, 1.54) is 6.42 Å². The summed E-state index contributed by atoms with van der Waals surface area (Å²) in [5, 5.41) is 2.83. The van der Waals surface area contributed by atoms with E-state index in [0.29, 0.717) is 13.0 Å². The Morgan fingerprint density at radius 1 is 1.31 bits per heavy atom. The first-order chi connectivity index (χ1) is 7.83. The fourth-order valence-corrected chi connectivity index (χ4v) is 1.50. The molecule has 0 saturated carbocycles. The number of carbonyl (C=O) groups is 1. The number of furan rings is 1. The van der Waals surface area contributed by atoms with Crippen LogP contribution in [0.1, 0.15) is 44.3 Å². The maximum absolute atomic E-state index is 11.4. The first-order valence-electron chi connectivity index (χ1n) is 5.91. The van der Waals surface area contributed by atoms with Crippen molar-refractivity contribution in [2.45, 2.75) is 45.1 Å². The summed E-state index contributed by atoms with van der Waals surface area (Å²) >= 11 is 0. The van der Waals surface area contributed by atoms with Crippen molar-refractivity contribution in [3.8, 4) is 0 Å². The second-order valence-corrected chi connectivity index (χ2v) is 3.87. The molecule has 1 heterocycles. The van der Waals surface area contributed by atoms with E-state index >= 15 is 0 Å². The molecule has 0 aliphatic rings. The van der Waals surface area contributed by atoms with Crippen LogP contribution in [0.4, 0.5) is 0 Å². The van der Waals surface area contributed by atoms with Crippen LogP contribution in [0, 0.1) is 6.92 Å². The van der Waals surface area contributed by atoms with Gasteiger partial charge in [-0.25, -0.2) is 0 Å². The second-order valence-electron chi connectivity index (χ2n) is 3.87. The van der Waals surface area contributed by atoms with Gasteiger partial charge in [-0.3, -0.25) is 4.79 Å². The summed E-state index contributed by atoms with van der Waals surface area (Å²) in [5.41, 5.74) is 0. The third-order valence-electron chi connectivity index (χ3n) is 2.44. The molecule has 0 aliphatic heterocycles. The van der Waals surface area contributed by atoms with Gasteiger partial charge >= 0.3 is 0 Å². The summed E-state index contributed by atoms with van der Waals surface area (Å²) in [6.07, 6.45) is 7.62. The van der Waals surface area contributed by atoms with Gasteiger partial charge in [0.2, 0.25) is 5.91 Å². The van der Waals surface area contributed by atoms with Crippen molar-refractivity contribution < 1.29 is 9.21 Å². The van der Waals surface area contributed by atoms with E-state index in [1.54, 1.807) is 6.26 Å². The number of nitrogens with one attached hydrogen (secondary N) is 1. The summed E-state index contributed by atoms with van der Waals surface area (Å²) in [6.45, 7) is 4.28. The summed E-state index contributed by atoms with van der Waals surface area (Å²) in [7, 11) is 0. The lowest BCUT2D eigenvalue weighted by Gasteiger charge is -2.03. The molecule has 0 aromatic carbocycles. The van der Waals surface area contributed by atoms with Crippen LogP contribution >= 0.6 is 0 Å². The molecule has 1 aromatic heterocycles. The number of amides is 1. The molecule has 0 unspecified atom stereocenters. The van der Waals surface area contributed by atoms with Gasteiger partial charge in [0.1, 0.15) is 5.76 Å². The van der Waals surface area contributed by atoms with Crippen LogP contribution in [0.2, 0.25) is 0 Å². The van der Waals surface area contributed by atoms with Crippen molar-refractivity contribution in [1.29, 1.82) is 0 Å². The van der Waals surface area contributed by atoms with E-state index in [2.05, 4.69) is 12.2 Å². The maximum atomic E-state index is 11.4. The molecule has 0 fully saturated rings. The van der Waals surface area contributed by atoms with Gasteiger partial charge in [0.25, 0.3) is 0 Å². The Balaban J connectivity index is 1.99. The highest BCUT2D eigenvalue weighted by Gasteiger charge is 2.02. The van der Waals surface area contributed by atoms with Crippen molar-refractivity contribution in [3.63, 3.8) is 0 Å². The monoisotopic (exact) mass is 222 g/mol. The van der Waals surface area contributed by atoms with Crippen molar-refractivity contribution in [3.05, 3.63) is 31.1 Å². The summed E-state index contributed by atoms with van der Waals surface area (Å²) in [6, 6.07) is 3.68. The Hall–Kier alpha value is -1.25. The van der Waals surface area contributed by atoms with E-state index in [4.69, 9.17) is 4.42 Å². The Kier molecular flexibility index (Phi) is 6.38. The zero-order valence-corrected chi connectivity index (χ0v) is 9.71. The van der Waals surface area contributed by atoms with Gasteiger partial charge in [-0.1, -0.05) is 32.6 Å². The van der Waals surface area contributed by atoms with Gasteiger partial charge in [0.15, 0.2) is 0 Å². The molecule has 0 aliphatic carbocycles. The predicted octanol–water partition coefficient (Wildman–Crippen LogP) is 3.07. The molecule has 1 amide bonds. The average molecular weight is 222 g/mol. The Bertz CT molecular complexity index is 280. The van der Waals surface area contributed by atoms with Gasteiger partial charge in [-0.15, -0.1) is 0 Å². The fraction of sp³-hybridized carbons (Fsp3) is 0.538. The minimum atomic E-state index is 0.103. The zero-order valence-electron chi connectivity index (χ0n) is 9.71. The lowest BCUT2D eigenvalue weighted by Crippen LogP contribution is -2.21. The molecule has 1 radical (unpaired) electrons. The van der Waals surface area contributed by atoms with Gasteiger partial charge in [0, 0.05) is 6.42 Å². The van der Waals surface area contributed by atoms with E-state index in [0.717, 1.165) is 31.4 Å². The molecule has 0 spiro atoms. The third kappa shape index (κ3) is 5.59. The first-order valence-corrected chi connectivity index (χ1v) is 5.91. The van der Waals surface area contributed by atoms with E-state index in [9.17, 15) is 4.79 Å². The van der Waals surface area contributed by atoms with Crippen LogP contribution in [0.5, 0.6) is 0 Å². The molecule has 0 bridgehead atoms. The van der Waals surface area contributed by atoms with Crippen LogP contribution in [-0.4, -0.2) is 5.91 Å². The van der Waals surface area contributed by atoms with Crippen LogP contribution in [0.3, 0.4) is 0 Å². The maximum Gasteiger partial charge on any atom is 0.220 e. The molecule has 3 nitrogen and oxygen atoms in total. The first kappa shape index (κ1) is 12.8. The molecule has 1 N–H and O–H groups in total. The number of rotatable bonds is 8. The lowest BCUT2D eigenvalue weighted by atomic mass is 10.1. The van der Waals surface area contributed by atoms with E-state index in [1.807, 2.05) is 12.1 Å². The van der Waals surface area contributed by atoms with Crippen molar-refractivity contribution in [2.75, 3.05) is 0 Å². The molecular weight excluding hydrogens is 202 g/mol. The van der Waals surface area contributed by atoms with Crippen LogP contribution in [0.15, 0.2) is 22.8 Å². The highest BCUT2D eigenvalue weighted by Crippen LogP contribution is 2.05. The summed E-state index contributed by atoms with van der Waals surface area (Å²) in [4.78, 5) is 11.4. The third-order valence-corrected chi connectivity index (χ3v) is 2.44. The van der Waals surface area contributed by atoms with Crippen molar-refractivity contribution in [2.24, 2.45) is 0 Å². The Morgan fingerprint density at radius 2 is 2.12 bits per heavy atom. The number of hydrogen-bond acceptors (Lipinski definition) is 2. The minimum Gasteiger partial charge on any atom is -0.467 e. The molecule has 16 heavy (non-hydrogen) atoms. The SMILES string of the molecule is [CH2]CCCCCCC(=O)NCc1ccco1. The smallest absolute Gasteiger partial charge is 0.220 e. The Labute approximate surface area is 97.2 Å². The minimum absolute atomic E-state index is 0.103. The van der Waals surface area contributed by atoms with Crippen LogP contribution < -0.4 is 5.32 Å². The normalized spacial score (nSPS) is 10.3. The van der Waals surface area contributed by atoms with Crippen molar-refractivity contribution >= 4 is 5.91 Å². The van der Waals surface area contributed by atoms with Crippen LogP contribution in [-0.2, 0) is 11.3 Å². The standard InChI is InChI=1S/C13H20NO2/c1-2-3-4-5-6-9-13(15)14-11-12-8-7-10-16-12/h7-8,10H,1-6,9,11H2,(H,14,15). The highest BCUT2D eigenvalue weighted by atomic mass is 16.3. The van der Waals surface area contributed by atoms with Gasteiger partial charge < -0.3 is 9.73 Å². The average Bonchev–Trinajstić information content (AvgIpc) is 2.79. The number of carbonyl (C=O) groups excluding carboxylic acids is 1. The lowest BCUT2D eigenvalue weighted by molar-refractivity contribution is -0.121. The zero-order chi connectivity index (χ0) is 11.6. The van der Waals surface area contributed by atoms with Gasteiger partial charge in [0.05, 0.1) is 12.8 Å². The van der Waals surface area contributed by atoms with Gasteiger partial charge in [-0.05, 0) is 18.6 Å². The number of hydrogen-bond donors (Lipinski definition) is 1. The largest absolute Gasteiger partial charge is 0.467 e. The Morgan fingerprint density at radius 3 is 2.81 bits per heavy atom. The topological polar surface area (TPSA) is 42.2 Å². The van der Waals surface area contributed by atoms with E-state index < -0.39 is 0 Å².